The molecule has 2 heterocycles. The fourth-order valence-corrected chi connectivity index (χ4v) is 4.73. The van der Waals surface area contributed by atoms with Gasteiger partial charge in [0, 0.05) is 0 Å². The third kappa shape index (κ3) is 1.86. The Kier molecular flexibility index (Phi) is 3.02. The number of nitrogens with zero attached hydrogens (tertiary/aromatic N) is 1. The van der Waals surface area contributed by atoms with Gasteiger partial charge in [-0.3, -0.25) is 0 Å². The summed E-state index contributed by atoms with van der Waals surface area (Å²) in [6.45, 7) is 1.91. The molecule has 2 bridgehead atoms. The number of benzene rings is 1. The number of sulfonamides is 1. The Labute approximate surface area is 122 Å². The predicted molar refractivity (Wildman–Crippen MR) is 75.7 cm³/mol. The number of aryl methyl sites for hydroxylation is 1. The molecule has 2 atom stereocenters. The lowest BCUT2D eigenvalue weighted by Crippen LogP contribution is -2.37. The van der Waals surface area contributed by atoms with Crippen LogP contribution in [0.1, 0.15) is 5.56 Å². The van der Waals surface area contributed by atoms with Gasteiger partial charge in [0.1, 0.15) is 0 Å². The molecule has 0 aliphatic carbocycles. The van der Waals surface area contributed by atoms with E-state index in [1.807, 2.05) is 6.92 Å². The quantitative estimate of drug-likeness (QED) is 0.787. The lowest BCUT2D eigenvalue weighted by molar-refractivity contribution is 0.426. The molecule has 19 heavy (non-hydrogen) atoms. The van der Waals surface area contributed by atoms with Gasteiger partial charge < -0.3 is 0 Å². The SMILES string of the molecule is Cc1ccc(S(=O)(=O)N2C3C=CC2C(Cl)=C3Cl)cc1. The fraction of sp³-hybridized carbons (Fsp3) is 0.231. The maximum atomic E-state index is 12.6. The maximum absolute atomic E-state index is 12.6. The molecule has 0 radical (unpaired) electrons. The van der Waals surface area contributed by atoms with Gasteiger partial charge in [-0.2, -0.15) is 4.31 Å². The van der Waals surface area contributed by atoms with Gasteiger partial charge in [-0.25, -0.2) is 8.42 Å². The molecule has 0 aromatic heterocycles. The first-order valence-electron chi connectivity index (χ1n) is 5.76. The minimum absolute atomic E-state index is 0.257. The van der Waals surface area contributed by atoms with Crippen LogP contribution in [-0.2, 0) is 10.0 Å². The van der Waals surface area contributed by atoms with Crippen LogP contribution in [-0.4, -0.2) is 24.8 Å². The first-order valence-corrected chi connectivity index (χ1v) is 7.96. The minimum Gasteiger partial charge on any atom is -0.207 e. The molecule has 2 aliphatic rings. The summed E-state index contributed by atoms with van der Waals surface area (Å²) in [5, 5.41) is 0.787. The van der Waals surface area contributed by atoms with E-state index in [0.29, 0.717) is 10.1 Å². The van der Waals surface area contributed by atoms with Crippen molar-refractivity contribution in [2.24, 2.45) is 0 Å². The molecule has 6 heteroatoms. The van der Waals surface area contributed by atoms with Gasteiger partial charge in [-0.05, 0) is 19.1 Å². The van der Waals surface area contributed by atoms with E-state index >= 15 is 0 Å². The second-order valence-corrected chi connectivity index (χ2v) is 7.28. The van der Waals surface area contributed by atoms with Gasteiger partial charge in [-0.15, -0.1) is 0 Å². The molecule has 1 aromatic rings. The Bertz CT molecular complexity index is 670. The number of hydrogen-bond acceptors (Lipinski definition) is 2. The lowest BCUT2D eigenvalue weighted by atomic mass is 10.2. The van der Waals surface area contributed by atoms with Crippen molar-refractivity contribution in [3.63, 3.8) is 0 Å². The third-order valence-corrected chi connectivity index (χ3v) is 6.20. The van der Waals surface area contributed by atoms with Crippen molar-refractivity contribution in [1.29, 1.82) is 0 Å². The Morgan fingerprint density at radius 1 is 1.00 bits per heavy atom. The summed E-state index contributed by atoms with van der Waals surface area (Å²) in [6.07, 6.45) is 3.54. The van der Waals surface area contributed by atoms with Gasteiger partial charge in [0.25, 0.3) is 0 Å². The van der Waals surface area contributed by atoms with Gasteiger partial charge in [0.2, 0.25) is 10.0 Å². The number of fused-ring (bicyclic) bond motifs is 2. The van der Waals surface area contributed by atoms with Crippen LogP contribution < -0.4 is 0 Å². The van der Waals surface area contributed by atoms with Gasteiger partial charge >= 0.3 is 0 Å². The number of halogens is 2. The van der Waals surface area contributed by atoms with E-state index in [0.717, 1.165) is 5.56 Å². The second-order valence-electron chi connectivity index (χ2n) is 4.62. The van der Waals surface area contributed by atoms with Crippen LogP contribution in [0.25, 0.3) is 0 Å². The van der Waals surface area contributed by atoms with Crippen molar-refractivity contribution >= 4 is 33.2 Å². The molecule has 0 amide bonds. The van der Waals surface area contributed by atoms with Crippen molar-refractivity contribution in [3.8, 4) is 0 Å². The van der Waals surface area contributed by atoms with E-state index in [9.17, 15) is 8.42 Å². The summed E-state index contributed by atoms with van der Waals surface area (Å²) in [5.41, 5.74) is 1.01. The highest BCUT2D eigenvalue weighted by Crippen LogP contribution is 2.44. The Hall–Kier alpha value is -0.810. The molecule has 0 fully saturated rings. The van der Waals surface area contributed by atoms with Crippen molar-refractivity contribution < 1.29 is 8.42 Å². The predicted octanol–water partition coefficient (Wildman–Crippen LogP) is 3.00. The summed E-state index contributed by atoms with van der Waals surface area (Å²) >= 11 is 12.1. The Morgan fingerprint density at radius 3 is 1.95 bits per heavy atom. The largest absolute Gasteiger partial charge is 0.244 e. The van der Waals surface area contributed by atoms with E-state index in [4.69, 9.17) is 23.2 Å². The molecule has 0 spiro atoms. The van der Waals surface area contributed by atoms with Gasteiger partial charge in [0.05, 0.1) is 27.0 Å². The summed E-state index contributed by atoms with van der Waals surface area (Å²) < 4.78 is 26.6. The van der Waals surface area contributed by atoms with Crippen LogP contribution in [0.15, 0.2) is 51.4 Å². The Morgan fingerprint density at radius 2 is 1.47 bits per heavy atom. The zero-order chi connectivity index (χ0) is 13.8. The first kappa shape index (κ1) is 13.2. The Balaban J connectivity index is 2.03. The van der Waals surface area contributed by atoms with E-state index in [1.165, 1.54) is 4.31 Å². The summed E-state index contributed by atoms with van der Waals surface area (Å²) in [4.78, 5) is 0.257. The van der Waals surface area contributed by atoms with Crippen molar-refractivity contribution in [1.82, 2.24) is 4.31 Å². The molecule has 2 unspecified atom stereocenters. The fourth-order valence-electron chi connectivity index (χ4n) is 2.36. The average Bonchev–Trinajstić information content (AvgIpc) is 2.90. The molecular formula is C13H11Cl2NO2S. The third-order valence-electron chi connectivity index (χ3n) is 3.37. The lowest BCUT2D eigenvalue weighted by Gasteiger charge is -2.22. The van der Waals surface area contributed by atoms with E-state index < -0.39 is 22.1 Å². The molecule has 3 rings (SSSR count). The van der Waals surface area contributed by atoms with Crippen molar-refractivity contribution in [2.75, 3.05) is 0 Å². The van der Waals surface area contributed by atoms with Crippen LogP contribution in [0.4, 0.5) is 0 Å². The van der Waals surface area contributed by atoms with E-state index in [-0.39, 0.29) is 4.90 Å². The van der Waals surface area contributed by atoms with Crippen LogP contribution >= 0.6 is 23.2 Å². The molecule has 2 aliphatic heterocycles. The van der Waals surface area contributed by atoms with Crippen molar-refractivity contribution in [2.45, 2.75) is 23.9 Å². The van der Waals surface area contributed by atoms with E-state index in [2.05, 4.69) is 0 Å². The molecule has 0 saturated carbocycles. The van der Waals surface area contributed by atoms with Crippen LogP contribution in [0.3, 0.4) is 0 Å². The molecule has 100 valence electrons. The normalized spacial score (nSPS) is 26.5. The minimum atomic E-state index is -3.60. The summed E-state index contributed by atoms with van der Waals surface area (Å²) in [7, 11) is -3.60. The van der Waals surface area contributed by atoms with Gasteiger partial charge in [0.15, 0.2) is 0 Å². The number of rotatable bonds is 2. The first-order chi connectivity index (χ1) is 8.93. The zero-order valence-corrected chi connectivity index (χ0v) is 12.4. The zero-order valence-electron chi connectivity index (χ0n) is 10.0. The second kappa shape index (κ2) is 4.35. The summed E-state index contributed by atoms with van der Waals surface area (Å²) in [5.74, 6) is 0. The maximum Gasteiger partial charge on any atom is 0.244 e. The molecular weight excluding hydrogens is 305 g/mol. The van der Waals surface area contributed by atoms with Crippen molar-refractivity contribution in [3.05, 3.63) is 52.0 Å². The van der Waals surface area contributed by atoms with Crippen LogP contribution in [0.2, 0.25) is 0 Å². The number of hydrogen-bond donors (Lipinski definition) is 0. The summed E-state index contributed by atoms with van der Waals surface area (Å²) in [6, 6.07) is 5.81. The van der Waals surface area contributed by atoms with Crippen LogP contribution in [0.5, 0.6) is 0 Å². The monoisotopic (exact) mass is 315 g/mol. The van der Waals surface area contributed by atoms with E-state index in [1.54, 1.807) is 36.4 Å². The average molecular weight is 316 g/mol. The molecule has 0 N–H and O–H groups in total. The van der Waals surface area contributed by atoms with Crippen LogP contribution in [0, 0.1) is 6.92 Å². The molecule has 0 saturated heterocycles. The topological polar surface area (TPSA) is 37.4 Å². The smallest absolute Gasteiger partial charge is 0.207 e. The highest BCUT2D eigenvalue weighted by Gasteiger charge is 2.48. The highest BCUT2D eigenvalue weighted by molar-refractivity contribution is 7.89. The standard InChI is InChI=1S/C13H11Cl2NO2S/c1-8-2-4-9(5-3-8)19(17,18)16-10-6-7-11(16)13(15)12(10)14/h2-7,10-11H,1H3. The highest BCUT2D eigenvalue weighted by atomic mass is 35.5. The molecule has 1 aromatic carbocycles. The van der Waals surface area contributed by atoms with Gasteiger partial charge in [-0.1, -0.05) is 53.1 Å². The molecule has 3 nitrogen and oxygen atoms in total.